The van der Waals surface area contributed by atoms with Crippen LogP contribution in [-0.2, 0) is 0 Å². The quantitative estimate of drug-likeness (QED) is 0.361. The summed E-state index contributed by atoms with van der Waals surface area (Å²) in [4.78, 5) is 0. The summed E-state index contributed by atoms with van der Waals surface area (Å²) in [6.45, 7) is 6.62. The smallest absolute Gasteiger partial charge is 0.175 e. The lowest BCUT2D eigenvalue weighted by Crippen LogP contribution is -2.13. The first-order valence-corrected chi connectivity index (χ1v) is 9.51. The van der Waals surface area contributed by atoms with Crippen molar-refractivity contribution >= 4 is 11.8 Å². The minimum absolute atomic E-state index is 0.314. The Bertz CT molecular complexity index is 950. The van der Waals surface area contributed by atoms with E-state index < -0.39 is 0 Å². The predicted octanol–water partition coefficient (Wildman–Crippen LogP) is 6.54. The minimum Gasteiger partial charge on any atom is -0.232 e. The van der Waals surface area contributed by atoms with Crippen molar-refractivity contribution in [1.82, 2.24) is 0 Å². The normalized spacial score (nSPS) is 13.5. The first kappa shape index (κ1) is 18.8. The van der Waals surface area contributed by atoms with Crippen molar-refractivity contribution in [3.63, 3.8) is 0 Å². The standard InChI is InChI=1S/C26H28N/c1-20(23-11-7-5-8-12-23)17-18-27(4)22(3)26-16-15-25(19-21(26)2)24-13-9-6-10-14-24/h5-19,22H,1-4H3/q+1/b20-17+,27-18?. The molecule has 1 unspecified atom stereocenters. The molecule has 0 aliphatic heterocycles. The van der Waals surface area contributed by atoms with Gasteiger partial charge in [0.25, 0.3) is 0 Å². The molecule has 0 saturated carbocycles. The fourth-order valence-corrected chi connectivity index (χ4v) is 3.33. The molecule has 3 aromatic carbocycles. The second-order valence-electron chi connectivity index (χ2n) is 7.14. The van der Waals surface area contributed by atoms with Gasteiger partial charge in [0, 0.05) is 18.6 Å². The van der Waals surface area contributed by atoms with Crippen LogP contribution < -0.4 is 0 Å². The lowest BCUT2D eigenvalue weighted by atomic mass is 9.96. The molecule has 0 spiro atoms. The number of aryl methyl sites for hydroxylation is 1. The first-order valence-electron chi connectivity index (χ1n) is 9.51. The molecule has 0 heterocycles. The molecule has 1 atom stereocenters. The van der Waals surface area contributed by atoms with E-state index in [-0.39, 0.29) is 0 Å². The number of benzene rings is 3. The van der Waals surface area contributed by atoms with Gasteiger partial charge in [0.05, 0.1) is 0 Å². The van der Waals surface area contributed by atoms with Crippen molar-refractivity contribution in [2.24, 2.45) is 0 Å². The zero-order valence-corrected chi connectivity index (χ0v) is 16.7. The fourth-order valence-electron chi connectivity index (χ4n) is 3.33. The molecule has 0 saturated heterocycles. The van der Waals surface area contributed by atoms with Gasteiger partial charge >= 0.3 is 0 Å². The van der Waals surface area contributed by atoms with Crippen molar-refractivity contribution < 1.29 is 4.58 Å². The monoisotopic (exact) mass is 354 g/mol. The maximum absolute atomic E-state index is 2.29. The summed E-state index contributed by atoms with van der Waals surface area (Å²) in [6.07, 6.45) is 4.37. The first-order chi connectivity index (χ1) is 13.1. The lowest BCUT2D eigenvalue weighted by Gasteiger charge is -2.13. The van der Waals surface area contributed by atoms with E-state index in [9.17, 15) is 0 Å². The largest absolute Gasteiger partial charge is 0.232 e. The molecule has 0 aliphatic carbocycles. The molecule has 27 heavy (non-hydrogen) atoms. The van der Waals surface area contributed by atoms with Crippen LogP contribution in [0.5, 0.6) is 0 Å². The number of hydrogen-bond acceptors (Lipinski definition) is 0. The number of rotatable bonds is 5. The lowest BCUT2D eigenvalue weighted by molar-refractivity contribution is -0.535. The van der Waals surface area contributed by atoms with Crippen LogP contribution in [0.1, 0.15) is 36.6 Å². The number of allylic oxidation sites excluding steroid dienone is 2. The Labute approximate surface area is 163 Å². The molecule has 0 aromatic heterocycles. The SMILES string of the molecule is C/C(=C\C=[N+](C)C(C)c1ccc(-c2ccccc2)cc1C)c1ccccc1. The van der Waals surface area contributed by atoms with Crippen LogP contribution in [0.15, 0.2) is 84.9 Å². The van der Waals surface area contributed by atoms with E-state index in [1.165, 1.54) is 33.4 Å². The minimum atomic E-state index is 0.314. The summed E-state index contributed by atoms with van der Waals surface area (Å²) in [6, 6.07) is 28.2. The van der Waals surface area contributed by atoms with Gasteiger partial charge in [0.15, 0.2) is 12.3 Å². The average Bonchev–Trinajstić information content (AvgIpc) is 2.72. The maximum Gasteiger partial charge on any atom is 0.175 e. The third-order valence-corrected chi connectivity index (χ3v) is 5.23. The molecular weight excluding hydrogens is 326 g/mol. The second kappa shape index (κ2) is 8.64. The molecule has 0 N–H and O–H groups in total. The van der Waals surface area contributed by atoms with E-state index in [0.29, 0.717) is 6.04 Å². The Morgan fingerprint density at radius 2 is 1.48 bits per heavy atom. The van der Waals surface area contributed by atoms with Gasteiger partial charge in [0.2, 0.25) is 0 Å². The summed E-state index contributed by atoms with van der Waals surface area (Å²) in [7, 11) is 2.14. The molecule has 0 fully saturated rings. The average molecular weight is 355 g/mol. The van der Waals surface area contributed by atoms with E-state index >= 15 is 0 Å². The van der Waals surface area contributed by atoms with Crippen molar-refractivity contribution in [3.8, 4) is 11.1 Å². The molecule has 0 bridgehead atoms. The van der Waals surface area contributed by atoms with Gasteiger partial charge in [-0.1, -0.05) is 78.9 Å². The molecule has 0 radical (unpaired) electrons. The van der Waals surface area contributed by atoms with Gasteiger partial charge < -0.3 is 0 Å². The Balaban J connectivity index is 1.81. The van der Waals surface area contributed by atoms with Crippen molar-refractivity contribution in [2.75, 3.05) is 7.05 Å². The summed E-state index contributed by atoms with van der Waals surface area (Å²) in [5.41, 5.74) is 7.76. The third-order valence-electron chi connectivity index (χ3n) is 5.23. The molecule has 0 amide bonds. The number of nitrogens with zero attached hydrogens (tertiary/aromatic N) is 1. The van der Waals surface area contributed by atoms with Gasteiger partial charge in [0.1, 0.15) is 7.05 Å². The molecular formula is C26H28N+. The molecule has 0 aliphatic rings. The molecule has 1 heteroatoms. The van der Waals surface area contributed by atoms with Crippen LogP contribution in [0, 0.1) is 6.92 Å². The highest BCUT2D eigenvalue weighted by molar-refractivity contribution is 5.81. The molecule has 136 valence electrons. The van der Waals surface area contributed by atoms with Gasteiger partial charge in [-0.15, -0.1) is 0 Å². The van der Waals surface area contributed by atoms with Crippen LogP contribution in [-0.4, -0.2) is 17.8 Å². The Hall–Kier alpha value is -2.93. The Morgan fingerprint density at radius 3 is 2.11 bits per heavy atom. The van der Waals surface area contributed by atoms with Gasteiger partial charge in [-0.25, -0.2) is 4.58 Å². The summed E-state index contributed by atoms with van der Waals surface area (Å²) < 4.78 is 2.27. The molecule has 3 aromatic rings. The van der Waals surface area contributed by atoms with E-state index in [2.05, 4.69) is 124 Å². The van der Waals surface area contributed by atoms with Crippen molar-refractivity contribution in [2.45, 2.75) is 26.8 Å². The highest BCUT2D eigenvalue weighted by atomic mass is 15.0. The van der Waals surface area contributed by atoms with E-state index in [0.717, 1.165) is 0 Å². The zero-order valence-electron chi connectivity index (χ0n) is 16.7. The van der Waals surface area contributed by atoms with Gasteiger partial charge in [-0.3, -0.25) is 0 Å². The summed E-state index contributed by atoms with van der Waals surface area (Å²) in [5, 5.41) is 0. The fraction of sp³-hybridized carbons (Fsp3) is 0.192. The molecule has 1 nitrogen and oxygen atoms in total. The van der Waals surface area contributed by atoms with Crippen LogP contribution in [0.2, 0.25) is 0 Å². The van der Waals surface area contributed by atoms with Crippen molar-refractivity contribution in [3.05, 3.63) is 102 Å². The Morgan fingerprint density at radius 1 is 0.852 bits per heavy atom. The van der Waals surface area contributed by atoms with Crippen molar-refractivity contribution in [1.29, 1.82) is 0 Å². The van der Waals surface area contributed by atoms with Gasteiger partial charge in [-0.2, -0.15) is 0 Å². The van der Waals surface area contributed by atoms with E-state index in [4.69, 9.17) is 0 Å². The molecule has 3 rings (SSSR count). The van der Waals surface area contributed by atoms with E-state index in [1.807, 2.05) is 0 Å². The van der Waals surface area contributed by atoms with Crippen LogP contribution >= 0.6 is 0 Å². The van der Waals surface area contributed by atoms with Gasteiger partial charge in [-0.05, 0) is 41.7 Å². The highest BCUT2D eigenvalue weighted by Gasteiger charge is 2.16. The zero-order chi connectivity index (χ0) is 19.2. The third kappa shape index (κ3) is 4.62. The number of hydrogen-bond donors (Lipinski definition) is 0. The van der Waals surface area contributed by atoms with E-state index in [1.54, 1.807) is 0 Å². The Kier molecular flexibility index (Phi) is 6.03. The second-order valence-corrected chi connectivity index (χ2v) is 7.14. The summed E-state index contributed by atoms with van der Waals surface area (Å²) in [5.74, 6) is 0. The highest BCUT2D eigenvalue weighted by Crippen LogP contribution is 2.26. The van der Waals surface area contributed by atoms with Crippen LogP contribution in [0.25, 0.3) is 16.7 Å². The topological polar surface area (TPSA) is 3.01 Å². The maximum atomic E-state index is 2.29. The predicted molar refractivity (Wildman–Crippen MR) is 117 cm³/mol. The van der Waals surface area contributed by atoms with Crippen LogP contribution in [0.3, 0.4) is 0 Å². The van der Waals surface area contributed by atoms with Crippen LogP contribution in [0.4, 0.5) is 0 Å². The summed E-state index contributed by atoms with van der Waals surface area (Å²) >= 11 is 0.